The molecular formula is C16H22N2O. The lowest BCUT2D eigenvalue weighted by molar-refractivity contribution is 0.182. The molecule has 102 valence electrons. The van der Waals surface area contributed by atoms with Crippen molar-refractivity contribution >= 4 is 11.7 Å². The number of hydrogen-bond donors (Lipinski definition) is 1. The monoisotopic (exact) mass is 258 g/mol. The second-order valence-corrected chi connectivity index (χ2v) is 5.96. The molecule has 2 amide bonds. The fourth-order valence-corrected chi connectivity index (χ4v) is 3.23. The molecule has 0 unspecified atom stereocenters. The van der Waals surface area contributed by atoms with Gasteiger partial charge in [0.15, 0.2) is 0 Å². The van der Waals surface area contributed by atoms with E-state index in [1.165, 1.54) is 30.4 Å². The Labute approximate surface area is 115 Å². The molecule has 1 fully saturated rings. The van der Waals surface area contributed by atoms with Crippen LogP contribution in [0.1, 0.15) is 37.3 Å². The van der Waals surface area contributed by atoms with Crippen LogP contribution in [0, 0.1) is 5.92 Å². The SMILES string of the molecule is C[C@H]1CCCN(C(=O)Nc2ccc3c(c2)CCC3)C1. The topological polar surface area (TPSA) is 32.3 Å². The van der Waals surface area contributed by atoms with Crippen LogP contribution in [-0.2, 0) is 12.8 Å². The lowest BCUT2D eigenvalue weighted by Crippen LogP contribution is -2.41. The van der Waals surface area contributed by atoms with Gasteiger partial charge in [-0.15, -0.1) is 0 Å². The van der Waals surface area contributed by atoms with Gasteiger partial charge in [0.2, 0.25) is 0 Å². The molecule has 0 bridgehead atoms. The summed E-state index contributed by atoms with van der Waals surface area (Å²) in [5.41, 5.74) is 3.80. The summed E-state index contributed by atoms with van der Waals surface area (Å²) in [6.45, 7) is 3.99. The van der Waals surface area contributed by atoms with E-state index in [0.29, 0.717) is 5.92 Å². The average Bonchev–Trinajstić information content (AvgIpc) is 2.86. The van der Waals surface area contributed by atoms with Crippen molar-refractivity contribution in [3.05, 3.63) is 29.3 Å². The Bertz CT molecular complexity index is 484. The molecule has 1 atom stereocenters. The first-order valence-electron chi connectivity index (χ1n) is 7.40. The summed E-state index contributed by atoms with van der Waals surface area (Å²) in [5, 5.41) is 3.05. The van der Waals surface area contributed by atoms with Gasteiger partial charge in [0, 0.05) is 18.8 Å². The number of anilines is 1. The van der Waals surface area contributed by atoms with Crippen LogP contribution in [0.4, 0.5) is 10.5 Å². The van der Waals surface area contributed by atoms with Crippen molar-refractivity contribution in [2.75, 3.05) is 18.4 Å². The normalized spacial score (nSPS) is 22.2. The van der Waals surface area contributed by atoms with E-state index in [4.69, 9.17) is 0 Å². The van der Waals surface area contributed by atoms with E-state index in [9.17, 15) is 4.79 Å². The molecule has 0 radical (unpaired) electrons. The van der Waals surface area contributed by atoms with Crippen molar-refractivity contribution in [3.8, 4) is 0 Å². The first-order valence-corrected chi connectivity index (χ1v) is 7.40. The van der Waals surface area contributed by atoms with Gasteiger partial charge >= 0.3 is 6.03 Å². The van der Waals surface area contributed by atoms with Crippen molar-refractivity contribution in [2.45, 2.75) is 39.0 Å². The predicted octanol–water partition coefficient (Wildman–Crippen LogP) is 3.44. The standard InChI is InChI=1S/C16H22N2O/c1-12-4-3-9-18(11-12)16(19)17-15-8-7-13-5-2-6-14(13)10-15/h7-8,10,12H,2-6,9,11H2,1H3,(H,17,19)/t12-/m0/s1. The number of aryl methyl sites for hydroxylation is 2. The molecule has 1 saturated heterocycles. The number of rotatable bonds is 1. The maximum Gasteiger partial charge on any atom is 0.321 e. The van der Waals surface area contributed by atoms with Crippen molar-refractivity contribution < 1.29 is 4.79 Å². The second kappa shape index (κ2) is 5.24. The van der Waals surface area contributed by atoms with Crippen LogP contribution in [0.15, 0.2) is 18.2 Å². The van der Waals surface area contributed by atoms with Crippen LogP contribution in [0.25, 0.3) is 0 Å². The zero-order chi connectivity index (χ0) is 13.2. The number of piperidine rings is 1. The minimum atomic E-state index is 0.0597. The molecule has 1 aliphatic heterocycles. The highest BCUT2D eigenvalue weighted by molar-refractivity contribution is 5.89. The van der Waals surface area contributed by atoms with Crippen LogP contribution in [0.3, 0.4) is 0 Å². The first-order chi connectivity index (χ1) is 9.22. The quantitative estimate of drug-likeness (QED) is 0.822. The Morgan fingerprint density at radius 2 is 2.11 bits per heavy atom. The van der Waals surface area contributed by atoms with E-state index >= 15 is 0 Å². The summed E-state index contributed by atoms with van der Waals surface area (Å²) in [6.07, 6.45) is 5.95. The van der Waals surface area contributed by atoms with Crippen LogP contribution < -0.4 is 5.32 Å². The summed E-state index contributed by atoms with van der Waals surface area (Å²) in [4.78, 5) is 14.2. The molecule has 3 heteroatoms. The number of benzene rings is 1. The van der Waals surface area contributed by atoms with Crippen LogP contribution in [0.5, 0.6) is 0 Å². The molecule has 1 N–H and O–H groups in total. The number of carbonyl (C=O) groups excluding carboxylic acids is 1. The van der Waals surface area contributed by atoms with E-state index < -0.39 is 0 Å². The van der Waals surface area contributed by atoms with Crippen LogP contribution in [-0.4, -0.2) is 24.0 Å². The fraction of sp³-hybridized carbons (Fsp3) is 0.562. The number of carbonyl (C=O) groups is 1. The van der Waals surface area contributed by atoms with E-state index in [1.54, 1.807) is 0 Å². The van der Waals surface area contributed by atoms with Gasteiger partial charge in [-0.25, -0.2) is 4.79 Å². The van der Waals surface area contributed by atoms with E-state index in [1.807, 2.05) is 11.0 Å². The number of urea groups is 1. The minimum Gasteiger partial charge on any atom is -0.324 e. The maximum absolute atomic E-state index is 12.2. The van der Waals surface area contributed by atoms with Gasteiger partial charge in [-0.2, -0.15) is 0 Å². The number of fused-ring (bicyclic) bond motifs is 1. The largest absolute Gasteiger partial charge is 0.324 e. The Hall–Kier alpha value is -1.51. The molecular weight excluding hydrogens is 236 g/mol. The highest BCUT2D eigenvalue weighted by Gasteiger charge is 2.21. The molecule has 0 aromatic heterocycles. The Kier molecular flexibility index (Phi) is 3.45. The molecule has 0 saturated carbocycles. The molecule has 1 aromatic rings. The maximum atomic E-state index is 12.2. The smallest absolute Gasteiger partial charge is 0.321 e. The molecule has 3 rings (SSSR count). The van der Waals surface area contributed by atoms with E-state index in [-0.39, 0.29) is 6.03 Å². The van der Waals surface area contributed by atoms with Gasteiger partial charge < -0.3 is 10.2 Å². The van der Waals surface area contributed by atoms with Crippen molar-refractivity contribution in [2.24, 2.45) is 5.92 Å². The highest BCUT2D eigenvalue weighted by Crippen LogP contribution is 2.25. The van der Waals surface area contributed by atoms with Crippen molar-refractivity contribution in [3.63, 3.8) is 0 Å². The zero-order valence-corrected chi connectivity index (χ0v) is 11.6. The summed E-state index contributed by atoms with van der Waals surface area (Å²) in [5.74, 6) is 0.625. The van der Waals surface area contributed by atoms with E-state index in [0.717, 1.165) is 31.6 Å². The molecule has 19 heavy (non-hydrogen) atoms. The average molecular weight is 258 g/mol. The number of nitrogens with one attached hydrogen (secondary N) is 1. The van der Waals surface area contributed by atoms with Crippen molar-refractivity contribution in [1.82, 2.24) is 4.90 Å². The number of nitrogens with zero attached hydrogens (tertiary/aromatic N) is 1. The second-order valence-electron chi connectivity index (χ2n) is 5.96. The number of hydrogen-bond acceptors (Lipinski definition) is 1. The molecule has 3 nitrogen and oxygen atoms in total. The van der Waals surface area contributed by atoms with Gasteiger partial charge in [0.25, 0.3) is 0 Å². The van der Waals surface area contributed by atoms with Crippen LogP contribution in [0.2, 0.25) is 0 Å². The summed E-state index contributed by atoms with van der Waals surface area (Å²) in [6, 6.07) is 6.41. The van der Waals surface area contributed by atoms with Gasteiger partial charge in [-0.3, -0.25) is 0 Å². The van der Waals surface area contributed by atoms with Gasteiger partial charge in [-0.05, 0) is 61.3 Å². The molecule has 2 aliphatic rings. The third-order valence-corrected chi connectivity index (χ3v) is 4.29. The third-order valence-electron chi connectivity index (χ3n) is 4.29. The highest BCUT2D eigenvalue weighted by atomic mass is 16.2. The third kappa shape index (κ3) is 2.75. The summed E-state index contributed by atoms with van der Waals surface area (Å²) in [7, 11) is 0. The lowest BCUT2D eigenvalue weighted by atomic mass is 10.0. The first kappa shape index (κ1) is 12.5. The summed E-state index contributed by atoms with van der Waals surface area (Å²) < 4.78 is 0. The number of amides is 2. The van der Waals surface area contributed by atoms with Gasteiger partial charge in [-0.1, -0.05) is 13.0 Å². The van der Waals surface area contributed by atoms with Crippen LogP contribution >= 0.6 is 0 Å². The fourth-order valence-electron chi connectivity index (χ4n) is 3.23. The van der Waals surface area contributed by atoms with Crippen molar-refractivity contribution in [1.29, 1.82) is 0 Å². The zero-order valence-electron chi connectivity index (χ0n) is 11.6. The minimum absolute atomic E-state index is 0.0597. The molecule has 1 aliphatic carbocycles. The lowest BCUT2D eigenvalue weighted by Gasteiger charge is -2.31. The van der Waals surface area contributed by atoms with Gasteiger partial charge in [0.05, 0.1) is 0 Å². The Balaban J connectivity index is 1.66. The molecule has 1 aromatic carbocycles. The Morgan fingerprint density at radius 1 is 1.26 bits per heavy atom. The van der Waals surface area contributed by atoms with E-state index in [2.05, 4.69) is 24.4 Å². The van der Waals surface area contributed by atoms with Gasteiger partial charge in [0.1, 0.15) is 0 Å². The predicted molar refractivity (Wildman–Crippen MR) is 77.5 cm³/mol. The molecule has 1 heterocycles. The Morgan fingerprint density at radius 3 is 2.95 bits per heavy atom. The molecule has 0 spiro atoms. The number of likely N-dealkylation sites (tertiary alicyclic amines) is 1. The summed E-state index contributed by atoms with van der Waals surface area (Å²) >= 11 is 0.